The third-order valence-electron chi connectivity index (χ3n) is 4.12. The van der Waals surface area contributed by atoms with Crippen molar-refractivity contribution >= 4 is 11.5 Å². The molecule has 4 rings (SSSR count). The Morgan fingerprint density at radius 2 is 2.00 bits per heavy atom. The predicted octanol–water partition coefficient (Wildman–Crippen LogP) is 2.09. The molecule has 1 aliphatic heterocycles. The average Bonchev–Trinajstić information content (AvgIpc) is 3.03. The van der Waals surface area contributed by atoms with E-state index in [1.165, 1.54) is 0 Å². The van der Waals surface area contributed by atoms with E-state index in [-0.39, 0.29) is 0 Å². The number of aromatic nitrogens is 4. The molecule has 106 valence electrons. The van der Waals surface area contributed by atoms with Gasteiger partial charge < -0.3 is 4.90 Å². The van der Waals surface area contributed by atoms with Gasteiger partial charge in [0.2, 0.25) is 6.43 Å². The standard InChI is InChI=1S/C13H15F2N5/c14-12(15)9-5-6-19(7-9)11-4-3-10-16-17-13(8-1-2-8)20(10)18-11/h3-4,8-9,12H,1-2,5-7H2. The summed E-state index contributed by atoms with van der Waals surface area (Å²) in [5.74, 6) is 1.55. The molecule has 0 spiro atoms. The molecule has 0 bridgehead atoms. The molecule has 1 atom stereocenters. The highest BCUT2D eigenvalue weighted by Gasteiger charge is 2.32. The number of rotatable bonds is 3. The van der Waals surface area contributed by atoms with Gasteiger partial charge in [-0.2, -0.15) is 4.52 Å². The van der Waals surface area contributed by atoms with Crippen molar-refractivity contribution in [2.75, 3.05) is 18.0 Å². The molecule has 0 amide bonds. The molecule has 20 heavy (non-hydrogen) atoms. The maximum absolute atomic E-state index is 12.7. The number of anilines is 1. The van der Waals surface area contributed by atoms with Crippen LogP contribution in [0.1, 0.15) is 31.0 Å². The van der Waals surface area contributed by atoms with E-state index >= 15 is 0 Å². The normalized spacial score (nSPS) is 23.1. The zero-order valence-electron chi connectivity index (χ0n) is 10.9. The Kier molecular flexibility index (Phi) is 2.61. The molecule has 7 heteroatoms. The maximum Gasteiger partial charge on any atom is 0.243 e. The summed E-state index contributed by atoms with van der Waals surface area (Å²) in [7, 11) is 0. The third kappa shape index (κ3) is 1.92. The highest BCUT2D eigenvalue weighted by Crippen LogP contribution is 2.38. The van der Waals surface area contributed by atoms with Crippen LogP contribution in [0.4, 0.5) is 14.6 Å². The molecule has 5 nitrogen and oxygen atoms in total. The Bertz CT molecular complexity index is 637. The fraction of sp³-hybridized carbons (Fsp3) is 0.615. The summed E-state index contributed by atoms with van der Waals surface area (Å²) in [5, 5.41) is 12.8. The van der Waals surface area contributed by atoms with Crippen LogP contribution in [0.3, 0.4) is 0 Å². The van der Waals surface area contributed by atoms with Crippen molar-refractivity contribution in [2.45, 2.75) is 31.6 Å². The minimum Gasteiger partial charge on any atom is -0.355 e. The molecule has 2 aliphatic rings. The van der Waals surface area contributed by atoms with Gasteiger partial charge in [0.25, 0.3) is 0 Å². The SMILES string of the molecule is FC(F)C1CCN(c2ccc3nnc(C4CC4)n3n2)C1. The average molecular weight is 279 g/mol. The molecule has 1 unspecified atom stereocenters. The van der Waals surface area contributed by atoms with Crippen LogP contribution in [0, 0.1) is 5.92 Å². The maximum atomic E-state index is 12.7. The van der Waals surface area contributed by atoms with Gasteiger partial charge in [0.15, 0.2) is 11.5 Å². The Morgan fingerprint density at radius 1 is 1.15 bits per heavy atom. The molecular formula is C13H15F2N5. The van der Waals surface area contributed by atoms with Crippen LogP contribution in [0.5, 0.6) is 0 Å². The first-order chi connectivity index (χ1) is 9.72. The number of alkyl halides is 2. The molecule has 0 N–H and O–H groups in total. The highest BCUT2D eigenvalue weighted by atomic mass is 19.3. The van der Waals surface area contributed by atoms with Crippen LogP contribution in [0.2, 0.25) is 0 Å². The summed E-state index contributed by atoms with van der Waals surface area (Å²) in [6.45, 7) is 1.01. The Morgan fingerprint density at radius 3 is 2.70 bits per heavy atom. The number of halogens is 2. The molecule has 2 aromatic heterocycles. The number of hydrogen-bond donors (Lipinski definition) is 0. The van der Waals surface area contributed by atoms with Crippen molar-refractivity contribution in [2.24, 2.45) is 5.92 Å². The predicted molar refractivity (Wildman–Crippen MR) is 69.1 cm³/mol. The van der Waals surface area contributed by atoms with Gasteiger partial charge in [0.05, 0.1) is 0 Å². The van der Waals surface area contributed by atoms with Crippen LogP contribution < -0.4 is 4.90 Å². The van der Waals surface area contributed by atoms with Crippen LogP contribution >= 0.6 is 0 Å². The monoisotopic (exact) mass is 279 g/mol. The first-order valence-electron chi connectivity index (χ1n) is 6.98. The van der Waals surface area contributed by atoms with Crippen molar-refractivity contribution in [1.82, 2.24) is 19.8 Å². The zero-order valence-corrected chi connectivity index (χ0v) is 10.9. The zero-order chi connectivity index (χ0) is 13.7. The lowest BCUT2D eigenvalue weighted by Gasteiger charge is -2.17. The molecule has 1 saturated heterocycles. The van der Waals surface area contributed by atoms with E-state index in [0.29, 0.717) is 25.4 Å². The molecule has 0 radical (unpaired) electrons. The Labute approximate surface area is 114 Å². The lowest BCUT2D eigenvalue weighted by atomic mass is 10.1. The van der Waals surface area contributed by atoms with E-state index in [2.05, 4.69) is 15.3 Å². The number of nitrogens with zero attached hydrogens (tertiary/aromatic N) is 5. The fourth-order valence-corrected chi connectivity index (χ4v) is 2.76. The van der Waals surface area contributed by atoms with Crippen molar-refractivity contribution in [3.8, 4) is 0 Å². The molecular weight excluding hydrogens is 264 g/mol. The highest BCUT2D eigenvalue weighted by molar-refractivity contribution is 5.46. The smallest absolute Gasteiger partial charge is 0.243 e. The Balaban J connectivity index is 1.65. The van der Waals surface area contributed by atoms with Gasteiger partial charge in [0, 0.05) is 24.9 Å². The van der Waals surface area contributed by atoms with Gasteiger partial charge in [0.1, 0.15) is 5.82 Å². The lowest BCUT2D eigenvalue weighted by molar-refractivity contribution is 0.0880. The summed E-state index contributed by atoms with van der Waals surface area (Å²) in [6, 6.07) is 3.70. The van der Waals surface area contributed by atoms with E-state index in [1.807, 2.05) is 17.0 Å². The fourth-order valence-electron chi connectivity index (χ4n) is 2.76. The van der Waals surface area contributed by atoms with Crippen LogP contribution in [-0.2, 0) is 0 Å². The van der Waals surface area contributed by atoms with Crippen molar-refractivity contribution in [3.63, 3.8) is 0 Å². The second kappa shape index (κ2) is 4.36. The van der Waals surface area contributed by atoms with Gasteiger partial charge >= 0.3 is 0 Å². The van der Waals surface area contributed by atoms with Crippen molar-refractivity contribution in [3.05, 3.63) is 18.0 Å². The Hall–Kier alpha value is -1.79. The van der Waals surface area contributed by atoms with E-state index in [4.69, 9.17) is 0 Å². The summed E-state index contributed by atoms with van der Waals surface area (Å²) in [5.41, 5.74) is 0.722. The molecule has 3 heterocycles. The summed E-state index contributed by atoms with van der Waals surface area (Å²) in [6.07, 6.45) is 0.531. The topological polar surface area (TPSA) is 46.3 Å². The van der Waals surface area contributed by atoms with E-state index < -0.39 is 12.3 Å². The van der Waals surface area contributed by atoms with Gasteiger partial charge in [-0.15, -0.1) is 15.3 Å². The van der Waals surface area contributed by atoms with Crippen LogP contribution in [0.25, 0.3) is 5.65 Å². The minimum absolute atomic E-state index is 0.372. The number of fused-ring (bicyclic) bond motifs is 1. The van der Waals surface area contributed by atoms with Crippen molar-refractivity contribution < 1.29 is 8.78 Å². The summed E-state index contributed by atoms with van der Waals surface area (Å²) >= 11 is 0. The quantitative estimate of drug-likeness (QED) is 0.863. The molecule has 1 aliphatic carbocycles. The molecule has 0 aromatic carbocycles. The van der Waals surface area contributed by atoms with Crippen molar-refractivity contribution in [1.29, 1.82) is 0 Å². The van der Waals surface area contributed by atoms with Gasteiger partial charge in [-0.05, 0) is 31.4 Å². The van der Waals surface area contributed by atoms with Gasteiger partial charge in [-0.25, -0.2) is 8.78 Å². The lowest BCUT2D eigenvalue weighted by Crippen LogP contribution is -2.23. The summed E-state index contributed by atoms with van der Waals surface area (Å²) in [4.78, 5) is 1.92. The van der Waals surface area contributed by atoms with Gasteiger partial charge in [-0.3, -0.25) is 0 Å². The number of hydrogen-bond acceptors (Lipinski definition) is 4. The first kappa shape index (κ1) is 12.0. The molecule has 2 fully saturated rings. The molecule has 1 saturated carbocycles. The van der Waals surface area contributed by atoms with Crippen LogP contribution in [-0.4, -0.2) is 39.3 Å². The summed E-state index contributed by atoms with van der Waals surface area (Å²) < 4.78 is 27.2. The van der Waals surface area contributed by atoms with E-state index in [1.54, 1.807) is 4.52 Å². The first-order valence-corrected chi connectivity index (χ1v) is 6.98. The van der Waals surface area contributed by atoms with E-state index in [0.717, 1.165) is 30.1 Å². The second-order valence-electron chi connectivity index (χ2n) is 5.62. The molecule has 2 aromatic rings. The largest absolute Gasteiger partial charge is 0.355 e. The minimum atomic E-state index is -2.25. The van der Waals surface area contributed by atoms with Gasteiger partial charge in [-0.1, -0.05) is 0 Å². The third-order valence-corrected chi connectivity index (χ3v) is 4.12. The van der Waals surface area contributed by atoms with Crippen LogP contribution in [0.15, 0.2) is 12.1 Å². The second-order valence-corrected chi connectivity index (χ2v) is 5.62. The van der Waals surface area contributed by atoms with E-state index in [9.17, 15) is 8.78 Å².